The van der Waals surface area contributed by atoms with Crippen LogP contribution in [0.15, 0.2) is 127 Å². The highest BCUT2D eigenvalue weighted by molar-refractivity contribution is 6.04. The zero-order chi connectivity index (χ0) is 31.8. The Balaban J connectivity index is 1.51. The molecule has 0 aromatic heterocycles. The van der Waals surface area contributed by atoms with Crippen LogP contribution in [0.1, 0.15) is 55.5 Å². The topological polar surface area (TPSA) is 12.5 Å². The maximum atomic E-state index is 6.52. The van der Waals surface area contributed by atoms with Crippen molar-refractivity contribution in [1.82, 2.24) is 0 Å². The van der Waals surface area contributed by atoms with Gasteiger partial charge < -0.3 is 9.64 Å². The van der Waals surface area contributed by atoms with Crippen molar-refractivity contribution in [2.45, 2.75) is 45.4 Å². The van der Waals surface area contributed by atoms with E-state index in [0.717, 1.165) is 17.1 Å². The van der Waals surface area contributed by atoms with Crippen molar-refractivity contribution in [1.29, 1.82) is 0 Å². The molecule has 2 aliphatic rings. The smallest absolute Gasteiger partial charge is 0.135 e. The van der Waals surface area contributed by atoms with Crippen molar-refractivity contribution < 1.29 is 4.74 Å². The number of rotatable bonds is 5. The molecule has 0 bridgehead atoms. The molecule has 0 aliphatic heterocycles. The van der Waals surface area contributed by atoms with E-state index in [9.17, 15) is 0 Å². The summed E-state index contributed by atoms with van der Waals surface area (Å²) in [4.78, 5) is 2.51. The van der Waals surface area contributed by atoms with Gasteiger partial charge in [-0.1, -0.05) is 136 Å². The van der Waals surface area contributed by atoms with E-state index in [2.05, 4.69) is 167 Å². The highest BCUT2D eigenvalue weighted by Crippen LogP contribution is 2.66. The number of hydrogen-bond acceptors (Lipinski definition) is 2. The summed E-state index contributed by atoms with van der Waals surface area (Å²) >= 11 is 0. The van der Waals surface area contributed by atoms with E-state index in [1.807, 2.05) is 7.11 Å². The molecule has 0 N–H and O–H groups in total. The van der Waals surface area contributed by atoms with Crippen molar-refractivity contribution in [2.75, 3.05) is 12.0 Å². The molecule has 0 spiro atoms. The Bertz CT molecular complexity index is 2120. The van der Waals surface area contributed by atoms with Gasteiger partial charge >= 0.3 is 0 Å². The van der Waals surface area contributed by atoms with Gasteiger partial charge in [0.05, 0.1) is 12.8 Å². The van der Waals surface area contributed by atoms with E-state index in [4.69, 9.17) is 4.74 Å². The number of benzene rings is 6. The third-order valence-corrected chi connectivity index (χ3v) is 10.3. The lowest BCUT2D eigenvalue weighted by Gasteiger charge is -2.37. The Morgan fingerprint density at radius 3 is 1.70 bits per heavy atom. The van der Waals surface area contributed by atoms with Gasteiger partial charge in [-0.05, 0) is 75.7 Å². The summed E-state index contributed by atoms with van der Waals surface area (Å²) in [6.07, 6.45) is 0. The monoisotopic (exact) mass is 597 g/mol. The molecule has 6 aromatic rings. The summed E-state index contributed by atoms with van der Waals surface area (Å²) < 4.78 is 6.52. The maximum Gasteiger partial charge on any atom is 0.135 e. The van der Waals surface area contributed by atoms with E-state index in [0.29, 0.717) is 0 Å². The second kappa shape index (κ2) is 10.2. The molecule has 226 valence electrons. The lowest BCUT2D eigenvalue weighted by Crippen LogP contribution is -2.26. The third-order valence-electron chi connectivity index (χ3n) is 10.3. The van der Waals surface area contributed by atoms with E-state index in [-0.39, 0.29) is 10.8 Å². The summed E-state index contributed by atoms with van der Waals surface area (Å²) in [5.74, 6) is 0.981. The van der Waals surface area contributed by atoms with Gasteiger partial charge in [0.1, 0.15) is 5.75 Å². The zero-order valence-corrected chi connectivity index (χ0v) is 27.5. The molecular formula is C44H39NO. The molecule has 2 nitrogen and oxygen atoms in total. The van der Waals surface area contributed by atoms with E-state index in [1.54, 1.807) is 0 Å². The minimum atomic E-state index is -0.268. The van der Waals surface area contributed by atoms with Crippen LogP contribution in [-0.2, 0) is 10.8 Å². The number of hydrogen-bond donors (Lipinski definition) is 0. The van der Waals surface area contributed by atoms with Gasteiger partial charge in [-0.15, -0.1) is 0 Å². The second-order valence-corrected chi connectivity index (χ2v) is 13.8. The average Bonchev–Trinajstić information content (AvgIpc) is 3.46. The van der Waals surface area contributed by atoms with Crippen LogP contribution < -0.4 is 9.64 Å². The molecule has 8 rings (SSSR count). The van der Waals surface area contributed by atoms with Crippen molar-refractivity contribution in [3.8, 4) is 39.1 Å². The summed E-state index contributed by atoms with van der Waals surface area (Å²) in [6.45, 7) is 11.7. The van der Waals surface area contributed by atoms with Crippen molar-refractivity contribution in [3.05, 3.63) is 155 Å². The molecule has 2 heteroatoms. The molecule has 0 saturated heterocycles. The summed E-state index contributed by atoms with van der Waals surface area (Å²) in [6, 6.07) is 46.4. The first-order valence-corrected chi connectivity index (χ1v) is 16.2. The molecule has 6 aromatic carbocycles. The fraction of sp³-hybridized carbons (Fsp3) is 0.182. The quantitative estimate of drug-likeness (QED) is 0.196. The van der Waals surface area contributed by atoms with E-state index in [1.165, 1.54) is 66.9 Å². The van der Waals surface area contributed by atoms with Crippen molar-refractivity contribution in [2.24, 2.45) is 0 Å². The predicted octanol–water partition coefficient (Wildman–Crippen LogP) is 11.8. The molecular weight excluding hydrogens is 558 g/mol. The number of ether oxygens (including phenoxy) is 1. The second-order valence-electron chi connectivity index (χ2n) is 13.8. The van der Waals surface area contributed by atoms with Crippen LogP contribution in [-0.4, -0.2) is 7.11 Å². The van der Waals surface area contributed by atoms with Gasteiger partial charge in [0.15, 0.2) is 0 Å². The average molecular weight is 598 g/mol. The Hall–Kier alpha value is -5.08. The Labute approximate surface area is 272 Å². The molecule has 0 unspecified atom stereocenters. The van der Waals surface area contributed by atoms with Gasteiger partial charge in [-0.25, -0.2) is 0 Å². The van der Waals surface area contributed by atoms with Crippen LogP contribution in [0.5, 0.6) is 5.75 Å². The number of anilines is 3. The van der Waals surface area contributed by atoms with Gasteiger partial charge in [0, 0.05) is 33.3 Å². The number of methoxy groups -OCH3 is 1. The van der Waals surface area contributed by atoms with Crippen LogP contribution in [0.4, 0.5) is 17.1 Å². The lowest BCUT2D eigenvalue weighted by atomic mass is 9.75. The number of nitrogens with zero attached hydrogens (tertiary/aromatic N) is 1. The predicted molar refractivity (Wildman–Crippen MR) is 193 cm³/mol. The van der Waals surface area contributed by atoms with Crippen LogP contribution >= 0.6 is 0 Å². The number of para-hydroxylation sites is 1. The van der Waals surface area contributed by atoms with Gasteiger partial charge in [-0.2, -0.15) is 0 Å². The standard InChI is InChI=1S/C44H39NO/c1-28-21-26-34-36(27-28)44(4,5)40-38(34)42(46-6)37-33-19-13-14-20-35(33)43(2,3)39(37)41(40)45(31-17-11-8-12-18-31)32-24-22-30(23-25-32)29-15-9-7-10-16-29/h7-27H,1-6H3. The molecule has 0 heterocycles. The highest BCUT2D eigenvalue weighted by Gasteiger charge is 2.49. The van der Waals surface area contributed by atoms with E-state index < -0.39 is 0 Å². The highest BCUT2D eigenvalue weighted by atomic mass is 16.5. The minimum absolute atomic E-state index is 0.263. The first kappa shape index (κ1) is 28.4. The van der Waals surface area contributed by atoms with Crippen LogP contribution in [0.25, 0.3) is 33.4 Å². The third kappa shape index (κ3) is 3.96. The van der Waals surface area contributed by atoms with E-state index >= 15 is 0 Å². The van der Waals surface area contributed by atoms with Crippen molar-refractivity contribution >= 4 is 17.1 Å². The van der Waals surface area contributed by atoms with Crippen LogP contribution in [0, 0.1) is 6.92 Å². The molecule has 0 saturated carbocycles. The summed E-state index contributed by atoms with van der Waals surface area (Å²) in [5.41, 5.74) is 17.0. The molecule has 46 heavy (non-hydrogen) atoms. The van der Waals surface area contributed by atoms with Crippen molar-refractivity contribution in [3.63, 3.8) is 0 Å². The number of fused-ring (bicyclic) bond motifs is 6. The van der Waals surface area contributed by atoms with Crippen LogP contribution in [0.2, 0.25) is 0 Å². The Morgan fingerprint density at radius 2 is 1.04 bits per heavy atom. The zero-order valence-electron chi connectivity index (χ0n) is 27.5. The molecule has 2 aliphatic carbocycles. The van der Waals surface area contributed by atoms with Crippen LogP contribution in [0.3, 0.4) is 0 Å². The molecule has 0 atom stereocenters. The molecule has 0 radical (unpaired) electrons. The minimum Gasteiger partial charge on any atom is -0.495 e. The first-order chi connectivity index (χ1) is 22.2. The Morgan fingerprint density at radius 1 is 0.522 bits per heavy atom. The molecule has 0 fully saturated rings. The molecule has 0 amide bonds. The normalized spacial score (nSPS) is 14.7. The van der Waals surface area contributed by atoms with Gasteiger partial charge in [0.2, 0.25) is 0 Å². The SMILES string of the molecule is COc1c2c(c(N(c3ccccc3)c3ccc(-c4ccccc4)cc3)c3c1-c1ccc(C)cc1C3(C)C)C(C)(C)c1ccccc1-2. The largest absolute Gasteiger partial charge is 0.495 e. The Kier molecular flexibility index (Phi) is 6.31. The first-order valence-electron chi connectivity index (χ1n) is 16.2. The fourth-order valence-electron chi connectivity index (χ4n) is 8.20. The van der Waals surface area contributed by atoms with Gasteiger partial charge in [0.25, 0.3) is 0 Å². The summed E-state index contributed by atoms with van der Waals surface area (Å²) in [7, 11) is 1.85. The summed E-state index contributed by atoms with van der Waals surface area (Å²) in [5, 5.41) is 0. The maximum absolute atomic E-state index is 6.52. The number of aryl methyl sites for hydroxylation is 1. The lowest BCUT2D eigenvalue weighted by molar-refractivity contribution is 0.417. The van der Waals surface area contributed by atoms with Gasteiger partial charge in [-0.3, -0.25) is 0 Å². The fourth-order valence-corrected chi connectivity index (χ4v) is 8.20.